The third kappa shape index (κ3) is 5.44. The Morgan fingerprint density at radius 2 is 1.64 bits per heavy atom. The van der Waals surface area contributed by atoms with E-state index in [1.54, 1.807) is 0 Å². The van der Waals surface area contributed by atoms with Crippen molar-refractivity contribution in [3.63, 3.8) is 0 Å². The molecular weight excluding hydrogens is 446 g/mol. The molecule has 10 nitrogen and oxygen atoms in total. The van der Waals surface area contributed by atoms with Crippen LogP contribution in [0, 0.1) is 0 Å². The van der Waals surface area contributed by atoms with Crippen LogP contribution in [0.5, 0.6) is 0 Å². The molecule has 1 aromatic heterocycles. The first-order valence-corrected chi connectivity index (χ1v) is 11.9. The summed E-state index contributed by atoms with van der Waals surface area (Å²) in [6, 6.07) is 14.9. The third-order valence-electron chi connectivity index (χ3n) is 5.19. The van der Waals surface area contributed by atoms with Gasteiger partial charge in [-0.25, -0.2) is 8.42 Å². The molecule has 1 aliphatic heterocycles. The maximum absolute atomic E-state index is 12.6. The molecule has 33 heavy (non-hydrogen) atoms. The number of nitrogens with one attached hydrogen (secondary N) is 2. The van der Waals surface area contributed by atoms with Gasteiger partial charge in [-0.2, -0.15) is 4.31 Å². The molecule has 2 heterocycles. The molecule has 3 aromatic rings. The summed E-state index contributed by atoms with van der Waals surface area (Å²) >= 11 is 0. The Labute approximate surface area is 191 Å². The summed E-state index contributed by atoms with van der Waals surface area (Å²) in [6.45, 7) is 1.02. The Bertz CT molecular complexity index is 1220. The van der Waals surface area contributed by atoms with Crippen LogP contribution in [0.25, 0.3) is 11.5 Å². The van der Waals surface area contributed by atoms with Gasteiger partial charge in [0.2, 0.25) is 27.7 Å². The van der Waals surface area contributed by atoms with Crippen LogP contribution in [0.1, 0.15) is 35.5 Å². The van der Waals surface area contributed by atoms with E-state index in [9.17, 15) is 18.0 Å². The number of rotatable bonds is 7. The molecule has 1 saturated heterocycles. The van der Waals surface area contributed by atoms with E-state index in [0.717, 1.165) is 18.4 Å². The molecular formula is C22H23N5O5S. The third-order valence-corrected chi connectivity index (χ3v) is 7.10. The Balaban J connectivity index is 1.25. The van der Waals surface area contributed by atoms with Crippen molar-refractivity contribution in [3.8, 4) is 11.5 Å². The lowest BCUT2D eigenvalue weighted by Crippen LogP contribution is -2.41. The van der Waals surface area contributed by atoms with Crippen LogP contribution < -0.4 is 10.9 Å². The zero-order valence-electron chi connectivity index (χ0n) is 17.7. The molecule has 2 amide bonds. The lowest BCUT2D eigenvalue weighted by molar-refractivity contribution is -0.121. The van der Waals surface area contributed by atoms with E-state index in [1.165, 1.54) is 28.6 Å². The van der Waals surface area contributed by atoms with Crippen LogP contribution in [0.4, 0.5) is 0 Å². The molecule has 0 radical (unpaired) electrons. The monoisotopic (exact) mass is 469 g/mol. The van der Waals surface area contributed by atoms with Gasteiger partial charge in [-0.15, -0.1) is 10.2 Å². The normalized spacial score (nSPS) is 14.2. The minimum Gasteiger partial charge on any atom is -0.421 e. The molecule has 0 aliphatic carbocycles. The number of hydrogen-bond acceptors (Lipinski definition) is 7. The number of sulfonamides is 1. The molecule has 0 bridgehead atoms. The number of nitrogens with zero attached hydrogens (tertiary/aromatic N) is 3. The summed E-state index contributed by atoms with van der Waals surface area (Å²) in [4.78, 5) is 24.5. The number of amides is 2. The van der Waals surface area contributed by atoms with Crippen LogP contribution in [-0.2, 0) is 21.2 Å². The standard InChI is InChI=1S/C22H23N5O5S/c28-19(12-13-20-24-26-22(32-20)17-6-2-1-3-7-17)23-25-21(29)16-8-10-18(11-9-16)33(30,31)27-14-4-5-15-27/h1-3,6-11H,4-5,12-15H2,(H,23,28)(H,25,29). The topological polar surface area (TPSA) is 134 Å². The van der Waals surface area contributed by atoms with Gasteiger partial charge in [0.1, 0.15) is 0 Å². The maximum Gasteiger partial charge on any atom is 0.269 e. The van der Waals surface area contributed by atoms with E-state index in [4.69, 9.17) is 4.42 Å². The Hall–Kier alpha value is -3.57. The summed E-state index contributed by atoms with van der Waals surface area (Å²) in [5.41, 5.74) is 5.65. The zero-order valence-corrected chi connectivity index (χ0v) is 18.5. The molecule has 4 rings (SSSR count). The highest BCUT2D eigenvalue weighted by atomic mass is 32.2. The number of benzene rings is 2. The van der Waals surface area contributed by atoms with Gasteiger partial charge in [0.05, 0.1) is 4.90 Å². The molecule has 1 fully saturated rings. The van der Waals surface area contributed by atoms with E-state index < -0.39 is 21.8 Å². The average Bonchev–Trinajstić information content (AvgIpc) is 3.55. The maximum atomic E-state index is 12.6. The fourth-order valence-corrected chi connectivity index (χ4v) is 4.91. The van der Waals surface area contributed by atoms with Crippen LogP contribution in [-0.4, -0.2) is 47.8 Å². The van der Waals surface area contributed by atoms with E-state index in [-0.39, 0.29) is 23.3 Å². The average molecular weight is 470 g/mol. The van der Waals surface area contributed by atoms with Crippen LogP contribution in [0.2, 0.25) is 0 Å². The van der Waals surface area contributed by atoms with Gasteiger partial charge < -0.3 is 4.42 Å². The first-order chi connectivity index (χ1) is 15.9. The quantitative estimate of drug-likeness (QED) is 0.505. The molecule has 0 spiro atoms. The van der Waals surface area contributed by atoms with Gasteiger partial charge in [-0.1, -0.05) is 18.2 Å². The molecule has 0 unspecified atom stereocenters. The van der Waals surface area contributed by atoms with Crippen molar-refractivity contribution < 1.29 is 22.4 Å². The van der Waals surface area contributed by atoms with Crippen LogP contribution >= 0.6 is 0 Å². The smallest absolute Gasteiger partial charge is 0.269 e. The first-order valence-electron chi connectivity index (χ1n) is 10.5. The second-order valence-electron chi connectivity index (χ2n) is 7.50. The molecule has 1 aliphatic rings. The van der Waals surface area contributed by atoms with Crippen LogP contribution in [0.3, 0.4) is 0 Å². The number of aryl methyl sites for hydroxylation is 1. The number of aromatic nitrogens is 2. The van der Waals surface area contributed by atoms with Crippen molar-refractivity contribution in [2.75, 3.05) is 13.1 Å². The first kappa shape index (κ1) is 22.6. The van der Waals surface area contributed by atoms with E-state index >= 15 is 0 Å². The summed E-state index contributed by atoms with van der Waals surface area (Å²) in [7, 11) is -3.54. The SMILES string of the molecule is O=C(CCc1nnc(-c2ccccc2)o1)NNC(=O)c1ccc(S(=O)(=O)N2CCCC2)cc1. The van der Waals surface area contributed by atoms with Crippen molar-refractivity contribution in [1.82, 2.24) is 25.4 Å². The minimum absolute atomic E-state index is 0.0315. The predicted octanol–water partition coefficient (Wildman–Crippen LogP) is 1.91. The number of hydrazine groups is 1. The molecule has 2 aromatic carbocycles. The summed E-state index contributed by atoms with van der Waals surface area (Å²) < 4.78 is 32.1. The Morgan fingerprint density at radius 3 is 2.33 bits per heavy atom. The second-order valence-corrected chi connectivity index (χ2v) is 9.44. The van der Waals surface area contributed by atoms with Gasteiger partial charge in [-0.3, -0.25) is 20.4 Å². The van der Waals surface area contributed by atoms with E-state index in [2.05, 4.69) is 21.0 Å². The van der Waals surface area contributed by atoms with E-state index in [1.807, 2.05) is 30.3 Å². The van der Waals surface area contributed by atoms with Gasteiger partial charge >= 0.3 is 0 Å². The minimum atomic E-state index is -3.54. The molecule has 2 N–H and O–H groups in total. The molecule has 11 heteroatoms. The molecule has 172 valence electrons. The highest BCUT2D eigenvalue weighted by molar-refractivity contribution is 7.89. The largest absolute Gasteiger partial charge is 0.421 e. The van der Waals surface area contributed by atoms with Gasteiger partial charge in [0, 0.05) is 37.1 Å². The Kier molecular flexibility index (Phi) is 6.80. The number of carbonyl (C=O) groups excluding carboxylic acids is 2. The lowest BCUT2D eigenvalue weighted by atomic mass is 10.2. The molecule has 0 atom stereocenters. The number of carbonyl (C=O) groups is 2. The van der Waals surface area contributed by atoms with Crippen molar-refractivity contribution in [3.05, 3.63) is 66.1 Å². The van der Waals surface area contributed by atoms with Gasteiger partial charge in [0.15, 0.2) is 0 Å². The fraction of sp³-hybridized carbons (Fsp3) is 0.273. The highest BCUT2D eigenvalue weighted by Crippen LogP contribution is 2.21. The summed E-state index contributed by atoms with van der Waals surface area (Å²) in [5.74, 6) is -0.312. The van der Waals surface area contributed by atoms with Crippen molar-refractivity contribution in [2.45, 2.75) is 30.6 Å². The van der Waals surface area contributed by atoms with Crippen LogP contribution in [0.15, 0.2) is 63.9 Å². The van der Waals surface area contributed by atoms with Crippen molar-refractivity contribution >= 4 is 21.8 Å². The van der Waals surface area contributed by atoms with Crippen molar-refractivity contribution in [2.24, 2.45) is 0 Å². The zero-order chi connectivity index (χ0) is 23.3. The molecule has 0 saturated carbocycles. The Morgan fingerprint density at radius 1 is 0.939 bits per heavy atom. The predicted molar refractivity (Wildman–Crippen MR) is 118 cm³/mol. The summed E-state index contributed by atoms with van der Waals surface area (Å²) in [5, 5.41) is 7.89. The van der Waals surface area contributed by atoms with E-state index in [0.29, 0.717) is 24.9 Å². The second kappa shape index (κ2) is 9.92. The van der Waals surface area contributed by atoms with Gasteiger partial charge in [-0.05, 0) is 49.2 Å². The highest BCUT2D eigenvalue weighted by Gasteiger charge is 2.27. The summed E-state index contributed by atoms with van der Waals surface area (Å²) in [6.07, 6.45) is 1.94. The van der Waals surface area contributed by atoms with Crippen molar-refractivity contribution in [1.29, 1.82) is 0 Å². The fourth-order valence-electron chi connectivity index (χ4n) is 3.39. The van der Waals surface area contributed by atoms with Gasteiger partial charge in [0.25, 0.3) is 5.91 Å². The lowest BCUT2D eigenvalue weighted by Gasteiger charge is -2.15. The number of hydrogen-bond donors (Lipinski definition) is 2.